The number of hydrogen-bond donors (Lipinski definition) is 2. The normalized spacial score (nSPS) is 10.2. The molecule has 0 unspecified atom stereocenters. The molecule has 0 radical (unpaired) electrons. The standard InChI is InChI=1S/C14H11Br2NO2/c15-11-4-1-9(2-5-11)8-17-14(19)10-3-6-12(16)13(18)7-10/h1-7,18H,8H2,(H,17,19). The quantitative estimate of drug-likeness (QED) is 0.844. The number of amides is 1. The van der Waals surface area contributed by atoms with Gasteiger partial charge in [0.2, 0.25) is 0 Å². The van der Waals surface area contributed by atoms with Crippen molar-refractivity contribution in [2.24, 2.45) is 0 Å². The van der Waals surface area contributed by atoms with E-state index < -0.39 is 0 Å². The van der Waals surface area contributed by atoms with Gasteiger partial charge in [-0.15, -0.1) is 0 Å². The molecule has 1 amide bonds. The molecule has 2 aromatic rings. The van der Waals surface area contributed by atoms with Gasteiger partial charge in [0.05, 0.1) is 4.47 Å². The van der Waals surface area contributed by atoms with Gasteiger partial charge in [0.1, 0.15) is 5.75 Å². The first kappa shape index (κ1) is 14.1. The third-order valence-electron chi connectivity index (χ3n) is 2.57. The Labute approximate surface area is 127 Å². The maximum absolute atomic E-state index is 11.9. The number of phenolic OH excluding ortho intramolecular Hbond substituents is 1. The Kier molecular flexibility index (Phi) is 4.61. The number of nitrogens with one attached hydrogen (secondary N) is 1. The first-order valence-electron chi connectivity index (χ1n) is 5.57. The van der Waals surface area contributed by atoms with E-state index in [1.54, 1.807) is 12.1 Å². The molecule has 0 heterocycles. The minimum absolute atomic E-state index is 0.0521. The van der Waals surface area contributed by atoms with Gasteiger partial charge >= 0.3 is 0 Å². The van der Waals surface area contributed by atoms with E-state index in [0.29, 0.717) is 16.6 Å². The predicted molar refractivity (Wildman–Crippen MR) is 81.1 cm³/mol. The number of aromatic hydroxyl groups is 1. The van der Waals surface area contributed by atoms with Crippen LogP contribution in [0.5, 0.6) is 5.75 Å². The van der Waals surface area contributed by atoms with Crippen molar-refractivity contribution in [3.05, 3.63) is 62.5 Å². The zero-order valence-electron chi connectivity index (χ0n) is 9.86. The van der Waals surface area contributed by atoms with Gasteiger partial charge in [-0.1, -0.05) is 28.1 Å². The topological polar surface area (TPSA) is 49.3 Å². The van der Waals surface area contributed by atoms with Crippen molar-refractivity contribution >= 4 is 37.8 Å². The molecule has 0 saturated heterocycles. The van der Waals surface area contributed by atoms with Crippen LogP contribution < -0.4 is 5.32 Å². The van der Waals surface area contributed by atoms with E-state index >= 15 is 0 Å². The third-order valence-corrected chi connectivity index (χ3v) is 3.77. The summed E-state index contributed by atoms with van der Waals surface area (Å²) in [7, 11) is 0. The van der Waals surface area contributed by atoms with E-state index in [1.165, 1.54) is 6.07 Å². The Balaban J connectivity index is 2.01. The average Bonchev–Trinajstić information content (AvgIpc) is 2.41. The lowest BCUT2D eigenvalue weighted by atomic mass is 10.2. The minimum atomic E-state index is -0.217. The lowest BCUT2D eigenvalue weighted by Gasteiger charge is -2.06. The molecule has 0 aromatic heterocycles. The molecule has 2 rings (SSSR count). The van der Waals surface area contributed by atoms with E-state index in [-0.39, 0.29) is 11.7 Å². The number of halogens is 2. The van der Waals surface area contributed by atoms with Gasteiger partial charge in [-0.2, -0.15) is 0 Å². The lowest BCUT2D eigenvalue weighted by Crippen LogP contribution is -2.22. The molecule has 0 aliphatic heterocycles. The number of benzene rings is 2. The summed E-state index contributed by atoms with van der Waals surface area (Å²) >= 11 is 6.53. The molecule has 0 aliphatic rings. The van der Waals surface area contributed by atoms with Gasteiger partial charge in [-0.3, -0.25) is 4.79 Å². The molecule has 0 aliphatic carbocycles. The van der Waals surface area contributed by atoms with E-state index in [4.69, 9.17) is 0 Å². The van der Waals surface area contributed by atoms with Crippen LogP contribution in [0.25, 0.3) is 0 Å². The van der Waals surface area contributed by atoms with E-state index in [0.717, 1.165) is 10.0 Å². The average molecular weight is 385 g/mol. The van der Waals surface area contributed by atoms with Crippen molar-refractivity contribution in [3.8, 4) is 5.75 Å². The molecule has 0 bridgehead atoms. The predicted octanol–water partition coefficient (Wildman–Crippen LogP) is 3.85. The summed E-state index contributed by atoms with van der Waals surface area (Å²) in [5.41, 5.74) is 1.44. The zero-order valence-corrected chi connectivity index (χ0v) is 13.0. The Morgan fingerprint density at radius 2 is 1.79 bits per heavy atom. The van der Waals surface area contributed by atoms with Crippen LogP contribution in [-0.2, 0) is 6.54 Å². The largest absolute Gasteiger partial charge is 0.507 e. The van der Waals surface area contributed by atoms with Crippen LogP contribution in [0.1, 0.15) is 15.9 Å². The molecular formula is C14H11Br2NO2. The molecule has 2 N–H and O–H groups in total. The Morgan fingerprint density at radius 1 is 1.11 bits per heavy atom. The van der Waals surface area contributed by atoms with Crippen LogP contribution in [-0.4, -0.2) is 11.0 Å². The van der Waals surface area contributed by atoms with Crippen LogP contribution in [0.15, 0.2) is 51.4 Å². The second-order valence-electron chi connectivity index (χ2n) is 3.98. The van der Waals surface area contributed by atoms with Gasteiger partial charge in [0.15, 0.2) is 0 Å². The van der Waals surface area contributed by atoms with Crippen molar-refractivity contribution in [1.29, 1.82) is 0 Å². The zero-order chi connectivity index (χ0) is 13.8. The summed E-state index contributed by atoms with van der Waals surface area (Å²) < 4.78 is 1.57. The smallest absolute Gasteiger partial charge is 0.251 e. The third kappa shape index (κ3) is 3.81. The highest BCUT2D eigenvalue weighted by Gasteiger charge is 2.07. The molecule has 0 fully saturated rings. The van der Waals surface area contributed by atoms with Crippen molar-refractivity contribution in [2.75, 3.05) is 0 Å². The van der Waals surface area contributed by atoms with Crippen LogP contribution in [0, 0.1) is 0 Å². The SMILES string of the molecule is O=C(NCc1ccc(Br)cc1)c1ccc(Br)c(O)c1. The molecule has 2 aromatic carbocycles. The maximum atomic E-state index is 11.9. The fraction of sp³-hybridized carbons (Fsp3) is 0.0714. The highest BCUT2D eigenvalue weighted by Crippen LogP contribution is 2.24. The molecule has 0 atom stereocenters. The molecule has 19 heavy (non-hydrogen) atoms. The van der Waals surface area contributed by atoms with Crippen molar-refractivity contribution in [2.45, 2.75) is 6.54 Å². The summed E-state index contributed by atoms with van der Waals surface area (Å²) in [5, 5.41) is 12.3. The summed E-state index contributed by atoms with van der Waals surface area (Å²) in [5.74, 6) is -0.165. The Bertz CT molecular complexity index is 597. The molecule has 98 valence electrons. The molecule has 5 heteroatoms. The van der Waals surface area contributed by atoms with Crippen LogP contribution in [0.2, 0.25) is 0 Å². The van der Waals surface area contributed by atoms with Crippen LogP contribution in [0.4, 0.5) is 0 Å². The van der Waals surface area contributed by atoms with E-state index in [9.17, 15) is 9.90 Å². The summed E-state index contributed by atoms with van der Waals surface area (Å²) in [6.45, 7) is 0.447. The first-order valence-corrected chi connectivity index (χ1v) is 7.16. The second kappa shape index (κ2) is 6.21. The maximum Gasteiger partial charge on any atom is 0.251 e. The fourth-order valence-electron chi connectivity index (χ4n) is 1.54. The lowest BCUT2D eigenvalue weighted by molar-refractivity contribution is 0.0950. The monoisotopic (exact) mass is 383 g/mol. The molecule has 3 nitrogen and oxygen atoms in total. The Morgan fingerprint density at radius 3 is 2.42 bits per heavy atom. The molecule has 0 spiro atoms. The Hall–Kier alpha value is -1.33. The van der Waals surface area contributed by atoms with Crippen LogP contribution in [0.3, 0.4) is 0 Å². The minimum Gasteiger partial charge on any atom is -0.507 e. The van der Waals surface area contributed by atoms with Gasteiger partial charge in [0, 0.05) is 16.6 Å². The van der Waals surface area contributed by atoms with Crippen molar-refractivity contribution < 1.29 is 9.90 Å². The van der Waals surface area contributed by atoms with E-state index in [1.807, 2.05) is 24.3 Å². The van der Waals surface area contributed by atoms with Crippen molar-refractivity contribution in [1.82, 2.24) is 5.32 Å². The van der Waals surface area contributed by atoms with Crippen LogP contribution >= 0.6 is 31.9 Å². The van der Waals surface area contributed by atoms with Gasteiger partial charge in [-0.05, 0) is 51.8 Å². The number of carbonyl (C=O) groups is 1. The van der Waals surface area contributed by atoms with Gasteiger partial charge < -0.3 is 10.4 Å². The van der Waals surface area contributed by atoms with E-state index in [2.05, 4.69) is 37.2 Å². The van der Waals surface area contributed by atoms with Crippen molar-refractivity contribution in [3.63, 3.8) is 0 Å². The highest BCUT2D eigenvalue weighted by atomic mass is 79.9. The van der Waals surface area contributed by atoms with Gasteiger partial charge in [0.25, 0.3) is 5.91 Å². The van der Waals surface area contributed by atoms with Gasteiger partial charge in [-0.25, -0.2) is 0 Å². The molecular weight excluding hydrogens is 374 g/mol. The molecule has 0 saturated carbocycles. The highest BCUT2D eigenvalue weighted by molar-refractivity contribution is 9.10. The summed E-state index contributed by atoms with van der Waals surface area (Å²) in [6.07, 6.45) is 0. The number of carbonyl (C=O) groups excluding carboxylic acids is 1. The number of hydrogen-bond acceptors (Lipinski definition) is 2. The number of phenols is 1. The first-order chi connectivity index (χ1) is 9.06. The second-order valence-corrected chi connectivity index (χ2v) is 5.75. The fourth-order valence-corrected chi connectivity index (χ4v) is 2.05. The summed E-state index contributed by atoms with van der Waals surface area (Å²) in [4.78, 5) is 11.9. The number of rotatable bonds is 3. The summed E-state index contributed by atoms with van der Waals surface area (Å²) in [6, 6.07) is 12.4.